The molecule has 3 aromatic heterocycles. The molecule has 0 aliphatic heterocycles. The predicted molar refractivity (Wildman–Crippen MR) is 113 cm³/mol. The van der Waals surface area contributed by atoms with Gasteiger partial charge in [-0.15, -0.1) is 0 Å². The number of amides is 1. The number of carbonyl (C=O) groups excluding carboxylic acids is 1. The number of hydrogen-bond acceptors (Lipinski definition) is 4. The number of hydrogen-bond donors (Lipinski definition) is 1. The van der Waals surface area contributed by atoms with Gasteiger partial charge in [0.1, 0.15) is 5.69 Å². The predicted octanol–water partition coefficient (Wildman–Crippen LogP) is 4.29. The maximum Gasteiger partial charge on any atom is 0.248 e. The highest BCUT2D eigenvalue weighted by Crippen LogP contribution is 2.24. The summed E-state index contributed by atoms with van der Waals surface area (Å²) >= 11 is 0. The van der Waals surface area contributed by atoms with Gasteiger partial charge in [-0.2, -0.15) is 5.10 Å². The van der Waals surface area contributed by atoms with Crippen molar-refractivity contribution >= 4 is 17.7 Å². The van der Waals surface area contributed by atoms with Crippen LogP contribution >= 0.6 is 0 Å². The Morgan fingerprint density at radius 1 is 1.00 bits per heavy atom. The molecule has 0 fully saturated rings. The highest BCUT2D eigenvalue weighted by molar-refractivity contribution is 6.02. The van der Waals surface area contributed by atoms with Crippen molar-refractivity contribution in [2.24, 2.45) is 0 Å². The van der Waals surface area contributed by atoms with E-state index in [-0.39, 0.29) is 5.91 Å². The van der Waals surface area contributed by atoms with Crippen molar-refractivity contribution in [1.82, 2.24) is 19.7 Å². The van der Waals surface area contributed by atoms with Crippen LogP contribution < -0.4 is 5.32 Å². The largest absolute Gasteiger partial charge is 0.321 e. The average Bonchev–Trinajstić information content (AvgIpc) is 3.20. The molecule has 29 heavy (non-hydrogen) atoms. The molecule has 6 heteroatoms. The Kier molecular flexibility index (Phi) is 5.25. The van der Waals surface area contributed by atoms with Crippen molar-refractivity contribution in [3.63, 3.8) is 0 Å². The van der Waals surface area contributed by atoms with Crippen molar-refractivity contribution in [1.29, 1.82) is 0 Å². The van der Waals surface area contributed by atoms with Crippen LogP contribution in [0.25, 0.3) is 23.0 Å². The van der Waals surface area contributed by atoms with E-state index in [0.717, 1.165) is 28.1 Å². The lowest BCUT2D eigenvalue weighted by atomic mass is 10.1. The van der Waals surface area contributed by atoms with Crippen LogP contribution in [0.2, 0.25) is 0 Å². The number of nitrogens with zero attached hydrogens (tertiary/aromatic N) is 4. The van der Waals surface area contributed by atoms with E-state index in [1.165, 1.54) is 6.08 Å². The average molecular weight is 381 g/mol. The standard InChI is InChI=1S/C23H19N5O/c1-17-11-13-25-15-21(17)26-22(29)10-9-19-16-28(20-7-3-2-4-8-20)27-23(19)18-6-5-12-24-14-18/h2-16H,1H3,(H,26,29)/b10-9+. The third kappa shape index (κ3) is 4.27. The lowest BCUT2D eigenvalue weighted by molar-refractivity contribution is -0.111. The topological polar surface area (TPSA) is 72.7 Å². The van der Waals surface area contributed by atoms with Crippen molar-refractivity contribution in [3.05, 3.63) is 96.7 Å². The second-order valence-corrected chi connectivity index (χ2v) is 6.47. The minimum atomic E-state index is -0.231. The van der Waals surface area contributed by atoms with E-state index in [1.807, 2.05) is 61.7 Å². The van der Waals surface area contributed by atoms with Gasteiger partial charge in [0.05, 0.1) is 17.6 Å². The molecular formula is C23H19N5O. The van der Waals surface area contributed by atoms with Gasteiger partial charge in [0.15, 0.2) is 0 Å². The zero-order valence-electron chi connectivity index (χ0n) is 15.9. The lowest BCUT2D eigenvalue weighted by Gasteiger charge is -2.04. The summed E-state index contributed by atoms with van der Waals surface area (Å²) < 4.78 is 1.80. The molecule has 0 radical (unpaired) electrons. The van der Waals surface area contributed by atoms with Crippen LogP contribution in [-0.2, 0) is 4.79 Å². The number of nitrogens with one attached hydrogen (secondary N) is 1. The van der Waals surface area contributed by atoms with Crippen molar-refractivity contribution in [3.8, 4) is 16.9 Å². The second kappa shape index (κ2) is 8.31. The summed E-state index contributed by atoms with van der Waals surface area (Å²) in [7, 11) is 0. The first kappa shape index (κ1) is 18.3. The van der Waals surface area contributed by atoms with Crippen molar-refractivity contribution in [2.75, 3.05) is 5.32 Å². The molecule has 0 aliphatic rings. The van der Waals surface area contributed by atoms with Gasteiger partial charge in [-0.05, 0) is 48.9 Å². The van der Waals surface area contributed by atoms with Gasteiger partial charge in [-0.3, -0.25) is 14.8 Å². The van der Waals surface area contributed by atoms with Gasteiger partial charge in [-0.1, -0.05) is 18.2 Å². The van der Waals surface area contributed by atoms with E-state index < -0.39 is 0 Å². The van der Waals surface area contributed by atoms with Gasteiger partial charge in [0.2, 0.25) is 5.91 Å². The van der Waals surface area contributed by atoms with Crippen LogP contribution in [0.3, 0.4) is 0 Å². The highest BCUT2D eigenvalue weighted by Gasteiger charge is 2.11. The van der Waals surface area contributed by atoms with E-state index in [9.17, 15) is 4.79 Å². The second-order valence-electron chi connectivity index (χ2n) is 6.47. The molecule has 1 amide bonds. The Labute approximate surface area is 168 Å². The van der Waals surface area contributed by atoms with Crippen LogP contribution in [-0.4, -0.2) is 25.7 Å². The fraction of sp³-hybridized carbons (Fsp3) is 0.0435. The number of anilines is 1. The van der Waals surface area contributed by atoms with E-state index in [1.54, 1.807) is 35.5 Å². The van der Waals surface area contributed by atoms with Crippen LogP contribution in [0.1, 0.15) is 11.1 Å². The van der Waals surface area contributed by atoms with E-state index >= 15 is 0 Å². The summed E-state index contributed by atoms with van der Waals surface area (Å²) in [6.45, 7) is 1.92. The van der Waals surface area contributed by atoms with Crippen LogP contribution in [0.4, 0.5) is 5.69 Å². The molecule has 0 saturated heterocycles. The first-order chi connectivity index (χ1) is 14.2. The van der Waals surface area contributed by atoms with Crippen LogP contribution in [0.5, 0.6) is 0 Å². The van der Waals surface area contributed by atoms with Crippen molar-refractivity contribution < 1.29 is 4.79 Å². The Hall–Kier alpha value is -4.06. The molecule has 1 N–H and O–H groups in total. The summed E-state index contributed by atoms with van der Waals surface area (Å²) in [5, 5.41) is 7.56. The number of pyridine rings is 2. The minimum Gasteiger partial charge on any atom is -0.321 e. The lowest BCUT2D eigenvalue weighted by Crippen LogP contribution is -2.09. The zero-order chi connectivity index (χ0) is 20.1. The maximum absolute atomic E-state index is 12.4. The molecule has 0 spiro atoms. The Balaban J connectivity index is 1.65. The summed E-state index contributed by atoms with van der Waals surface area (Å²) in [6, 6.07) is 15.5. The monoisotopic (exact) mass is 381 g/mol. The third-order valence-corrected chi connectivity index (χ3v) is 4.41. The van der Waals surface area contributed by atoms with Gasteiger partial charge in [-0.25, -0.2) is 4.68 Å². The SMILES string of the molecule is Cc1ccncc1NC(=O)/C=C/c1cn(-c2ccccc2)nc1-c1cccnc1. The maximum atomic E-state index is 12.4. The van der Waals surface area contributed by atoms with Gasteiger partial charge < -0.3 is 5.32 Å². The number of benzene rings is 1. The van der Waals surface area contributed by atoms with Crippen LogP contribution in [0.15, 0.2) is 85.6 Å². The number of rotatable bonds is 5. The zero-order valence-corrected chi connectivity index (χ0v) is 15.9. The van der Waals surface area contributed by atoms with Gasteiger partial charge in [0, 0.05) is 42.0 Å². The third-order valence-electron chi connectivity index (χ3n) is 4.41. The quantitative estimate of drug-likeness (QED) is 0.524. The summed E-state index contributed by atoms with van der Waals surface area (Å²) in [6.07, 6.45) is 12.0. The fourth-order valence-electron chi connectivity index (χ4n) is 2.88. The number of para-hydroxylation sites is 1. The molecule has 0 atom stereocenters. The molecule has 6 nitrogen and oxygen atoms in total. The summed E-state index contributed by atoms with van der Waals surface area (Å²) in [5.41, 5.74) is 5.03. The molecule has 0 saturated carbocycles. The molecular weight excluding hydrogens is 362 g/mol. The summed E-state index contributed by atoms with van der Waals surface area (Å²) in [5.74, 6) is -0.231. The minimum absolute atomic E-state index is 0.231. The molecule has 0 unspecified atom stereocenters. The van der Waals surface area contributed by atoms with Gasteiger partial charge in [0.25, 0.3) is 0 Å². The Bertz CT molecular complexity index is 1150. The van der Waals surface area contributed by atoms with E-state index in [0.29, 0.717) is 5.69 Å². The van der Waals surface area contributed by atoms with Gasteiger partial charge >= 0.3 is 0 Å². The molecule has 4 rings (SSSR count). The molecule has 3 heterocycles. The fourth-order valence-corrected chi connectivity index (χ4v) is 2.88. The first-order valence-corrected chi connectivity index (χ1v) is 9.16. The Morgan fingerprint density at radius 2 is 1.83 bits per heavy atom. The normalized spacial score (nSPS) is 10.9. The van der Waals surface area contributed by atoms with Crippen molar-refractivity contribution in [2.45, 2.75) is 6.92 Å². The van der Waals surface area contributed by atoms with E-state index in [2.05, 4.69) is 15.3 Å². The molecule has 1 aromatic carbocycles. The van der Waals surface area contributed by atoms with Crippen LogP contribution in [0, 0.1) is 6.92 Å². The first-order valence-electron chi connectivity index (χ1n) is 9.16. The molecule has 4 aromatic rings. The number of aryl methyl sites for hydroxylation is 1. The highest BCUT2D eigenvalue weighted by atomic mass is 16.1. The summed E-state index contributed by atoms with van der Waals surface area (Å²) in [4.78, 5) is 20.6. The molecule has 0 bridgehead atoms. The molecule has 0 aliphatic carbocycles. The number of carbonyl (C=O) groups is 1. The van der Waals surface area contributed by atoms with E-state index in [4.69, 9.17) is 5.10 Å². The number of aromatic nitrogens is 4. The smallest absolute Gasteiger partial charge is 0.248 e. The molecule has 142 valence electrons. The Morgan fingerprint density at radius 3 is 2.59 bits per heavy atom.